The number of benzene rings is 1. The van der Waals surface area contributed by atoms with E-state index in [0.717, 1.165) is 11.0 Å². The zero-order valence-corrected chi connectivity index (χ0v) is 12.9. The van der Waals surface area contributed by atoms with Gasteiger partial charge in [-0.2, -0.15) is 0 Å². The molecule has 1 aromatic carbocycles. The molecule has 0 saturated carbocycles. The summed E-state index contributed by atoms with van der Waals surface area (Å²) in [6.07, 6.45) is -0.489. The number of aliphatic hydroxyl groups excluding tert-OH is 1. The van der Waals surface area contributed by atoms with E-state index in [0.29, 0.717) is 33.0 Å². The molecule has 19 heavy (non-hydrogen) atoms. The maximum Gasteiger partial charge on any atom is 0.0897 e. The maximum atomic E-state index is 9.69. The first-order valence-corrected chi connectivity index (χ1v) is 7.30. The summed E-state index contributed by atoms with van der Waals surface area (Å²) in [5, 5.41) is 12.9. The Balaban J connectivity index is 2.03. The van der Waals surface area contributed by atoms with Crippen molar-refractivity contribution in [3.63, 3.8) is 0 Å². The van der Waals surface area contributed by atoms with Crippen molar-refractivity contribution in [3.05, 3.63) is 34.3 Å². The Labute approximate surface area is 123 Å². The molecular weight excluding hydrogens is 310 g/mol. The summed E-state index contributed by atoms with van der Waals surface area (Å²) < 4.78 is 11.5. The summed E-state index contributed by atoms with van der Waals surface area (Å²) in [5.41, 5.74) is 1.19. The van der Waals surface area contributed by atoms with Crippen LogP contribution in [0.25, 0.3) is 0 Å². The van der Waals surface area contributed by atoms with Crippen molar-refractivity contribution < 1.29 is 14.6 Å². The SMILES string of the molecule is CCOCCOCC(O)CNCc1ccc(Br)cc1. The molecule has 1 atom stereocenters. The normalized spacial score (nSPS) is 12.6. The van der Waals surface area contributed by atoms with E-state index in [1.807, 2.05) is 31.2 Å². The fourth-order valence-corrected chi connectivity index (χ4v) is 1.79. The van der Waals surface area contributed by atoms with Crippen LogP contribution in [0.5, 0.6) is 0 Å². The van der Waals surface area contributed by atoms with E-state index >= 15 is 0 Å². The molecule has 0 saturated heterocycles. The predicted octanol–water partition coefficient (Wildman–Crippen LogP) is 1.95. The van der Waals surface area contributed by atoms with Gasteiger partial charge in [-0.05, 0) is 24.6 Å². The second kappa shape index (κ2) is 10.3. The Hall–Kier alpha value is -0.460. The molecule has 0 aliphatic heterocycles. The van der Waals surface area contributed by atoms with Gasteiger partial charge in [0.25, 0.3) is 0 Å². The molecule has 0 heterocycles. The smallest absolute Gasteiger partial charge is 0.0897 e. The van der Waals surface area contributed by atoms with Crippen LogP contribution in [0.15, 0.2) is 28.7 Å². The number of hydrogen-bond donors (Lipinski definition) is 2. The zero-order valence-electron chi connectivity index (χ0n) is 11.3. The highest BCUT2D eigenvalue weighted by atomic mass is 79.9. The monoisotopic (exact) mass is 331 g/mol. The van der Waals surface area contributed by atoms with E-state index in [2.05, 4.69) is 21.2 Å². The minimum absolute atomic E-state index is 0.334. The highest BCUT2D eigenvalue weighted by molar-refractivity contribution is 9.10. The van der Waals surface area contributed by atoms with E-state index in [9.17, 15) is 5.11 Å². The largest absolute Gasteiger partial charge is 0.389 e. The molecule has 0 amide bonds. The standard InChI is InChI=1S/C14H22BrNO3/c1-2-18-7-8-19-11-14(17)10-16-9-12-3-5-13(15)6-4-12/h3-6,14,16-17H,2,7-11H2,1H3. The van der Waals surface area contributed by atoms with Crippen LogP contribution in [-0.4, -0.2) is 44.2 Å². The Morgan fingerprint density at radius 3 is 2.58 bits per heavy atom. The van der Waals surface area contributed by atoms with Crippen molar-refractivity contribution in [2.24, 2.45) is 0 Å². The molecule has 0 spiro atoms. The van der Waals surface area contributed by atoms with Crippen molar-refractivity contribution in [1.29, 1.82) is 0 Å². The summed E-state index contributed by atoms with van der Waals surface area (Å²) >= 11 is 3.40. The number of rotatable bonds is 10. The first kappa shape index (κ1) is 16.6. The summed E-state index contributed by atoms with van der Waals surface area (Å²) in [6.45, 7) is 5.34. The maximum absolute atomic E-state index is 9.69. The van der Waals surface area contributed by atoms with Crippen LogP contribution in [0.2, 0.25) is 0 Å². The topological polar surface area (TPSA) is 50.7 Å². The average Bonchev–Trinajstić information content (AvgIpc) is 2.41. The van der Waals surface area contributed by atoms with Crippen LogP contribution in [-0.2, 0) is 16.0 Å². The van der Waals surface area contributed by atoms with E-state index in [4.69, 9.17) is 9.47 Å². The molecule has 1 aromatic rings. The average molecular weight is 332 g/mol. The van der Waals surface area contributed by atoms with Crippen molar-refractivity contribution in [2.45, 2.75) is 19.6 Å². The quantitative estimate of drug-likeness (QED) is 0.643. The molecule has 108 valence electrons. The molecule has 0 fully saturated rings. The molecule has 4 nitrogen and oxygen atoms in total. The second-order valence-electron chi connectivity index (χ2n) is 4.18. The van der Waals surface area contributed by atoms with Crippen LogP contribution in [0.3, 0.4) is 0 Å². The number of halogens is 1. The van der Waals surface area contributed by atoms with Gasteiger partial charge in [0.05, 0.1) is 25.9 Å². The highest BCUT2D eigenvalue weighted by Crippen LogP contribution is 2.10. The number of hydrogen-bond acceptors (Lipinski definition) is 4. The zero-order chi connectivity index (χ0) is 13.9. The summed E-state index contributed by atoms with van der Waals surface area (Å²) in [7, 11) is 0. The molecule has 0 aliphatic rings. The van der Waals surface area contributed by atoms with Gasteiger partial charge < -0.3 is 19.9 Å². The molecule has 2 N–H and O–H groups in total. The Bertz CT molecular complexity index is 332. The van der Waals surface area contributed by atoms with Gasteiger partial charge in [0.15, 0.2) is 0 Å². The minimum atomic E-state index is -0.489. The van der Waals surface area contributed by atoms with Gasteiger partial charge in [-0.15, -0.1) is 0 Å². The third-order valence-corrected chi connectivity index (χ3v) is 3.04. The number of ether oxygens (including phenoxy) is 2. The molecule has 0 radical (unpaired) electrons. The fourth-order valence-electron chi connectivity index (χ4n) is 1.53. The second-order valence-corrected chi connectivity index (χ2v) is 5.10. The lowest BCUT2D eigenvalue weighted by molar-refractivity contribution is 0.00643. The summed E-state index contributed by atoms with van der Waals surface area (Å²) in [5.74, 6) is 0. The first-order chi connectivity index (χ1) is 9.22. The number of nitrogens with one attached hydrogen (secondary N) is 1. The van der Waals surface area contributed by atoms with Gasteiger partial charge in [-0.1, -0.05) is 28.1 Å². The Kier molecular flexibility index (Phi) is 9.03. The van der Waals surface area contributed by atoms with Crippen molar-refractivity contribution >= 4 is 15.9 Å². The van der Waals surface area contributed by atoms with Crippen LogP contribution in [0.4, 0.5) is 0 Å². The van der Waals surface area contributed by atoms with Crippen LogP contribution in [0, 0.1) is 0 Å². The van der Waals surface area contributed by atoms with Crippen molar-refractivity contribution in [1.82, 2.24) is 5.32 Å². The molecular formula is C14H22BrNO3. The summed E-state index contributed by atoms with van der Waals surface area (Å²) in [6, 6.07) is 8.10. The van der Waals surface area contributed by atoms with E-state index < -0.39 is 6.10 Å². The van der Waals surface area contributed by atoms with Gasteiger partial charge in [-0.25, -0.2) is 0 Å². The fraction of sp³-hybridized carbons (Fsp3) is 0.571. The van der Waals surface area contributed by atoms with Gasteiger partial charge in [0.2, 0.25) is 0 Å². The van der Waals surface area contributed by atoms with Crippen LogP contribution < -0.4 is 5.32 Å². The Morgan fingerprint density at radius 1 is 1.21 bits per heavy atom. The molecule has 1 unspecified atom stereocenters. The van der Waals surface area contributed by atoms with Gasteiger partial charge >= 0.3 is 0 Å². The molecule has 0 aromatic heterocycles. The van der Waals surface area contributed by atoms with Gasteiger partial charge in [-0.3, -0.25) is 0 Å². The van der Waals surface area contributed by atoms with E-state index in [-0.39, 0.29) is 0 Å². The third kappa shape index (κ3) is 8.34. The van der Waals surface area contributed by atoms with E-state index in [1.165, 1.54) is 5.56 Å². The minimum Gasteiger partial charge on any atom is -0.389 e. The predicted molar refractivity (Wildman–Crippen MR) is 79.2 cm³/mol. The molecule has 1 rings (SSSR count). The lowest BCUT2D eigenvalue weighted by Crippen LogP contribution is -2.30. The molecule has 0 bridgehead atoms. The highest BCUT2D eigenvalue weighted by Gasteiger charge is 2.03. The summed E-state index contributed by atoms with van der Waals surface area (Å²) in [4.78, 5) is 0. The lowest BCUT2D eigenvalue weighted by atomic mass is 10.2. The third-order valence-electron chi connectivity index (χ3n) is 2.51. The number of aliphatic hydroxyl groups is 1. The van der Waals surface area contributed by atoms with Gasteiger partial charge in [0.1, 0.15) is 0 Å². The molecule has 5 heteroatoms. The van der Waals surface area contributed by atoms with E-state index in [1.54, 1.807) is 0 Å². The van der Waals surface area contributed by atoms with Crippen molar-refractivity contribution in [2.75, 3.05) is 33.0 Å². The van der Waals surface area contributed by atoms with Crippen LogP contribution in [0.1, 0.15) is 12.5 Å². The Morgan fingerprint density at radius 2 is 1.89 bits per heavy atom. The first-order valence-electron chi connectivity index (χ1n) is 6.51. The van der Waals surface area contributed by atoms with Crippen LogP contribution >= 0.6 is 15.9 Å². The van der Waals surface area contributed by atoms with Crippen molar-refractivity contribution in [3.8, 4) is 0 Å². The van der Waals surface area contributed by atoms with Gasteiger partial charge in [0, 0.05) is 24.2 Å². The lowest BCUT2D eigenvalue weighted by Gasteiger charge is -2.12. The molecule has 0 aliphatic carbocycles.